The number of ether oxygens (including phenoxy) is 2. The lowest BCUT2D eigenvalue weighted by molar-refractivity contribution is -0.158. The monoisotopic (exact) mass is 314 g/mol. The summed E-state index contributed by atoms with van der Waals surface area (Å²) in [6.07, 6.45) is 10.2. The van der Waals surface area contributed by atoms with E-state index in [4.69, 9.17) is 9.47 Å². The zero-order valence-corrected chi connectivity index (χ0v) is 14.7. The molecule has 0 radical (unpaired) electrons. The molecule has 4 heteroatoms. The first-order valence-corrected chi connectivity index (χ1v) is 8.99. The van der Waals surface area contributed by atoms with Gasteiger partial charge in [-0.2, -0.15) is 0 Å². The summed E-state index contributed by atoms with van der Waals surface area (Å²) in [5.41, 5.74) is 0. The highest BCUT2D eigenvalue weighted by Crippen LogP contribution is 2.11. The van der Waals surface area contributed by atoms with E-state index in [1.807, 2.05) is 0 Å². The Bertz CT molecular complexity index is 283. The summed E-state index contributed by atoms with van der Waals surface area (Å²) in [4.78, 5) is 23.3. The van der Waals surface area contributed by atoms with Crippen molar-refractivity contribution in [1.82, 2.24) is 0 Å². The number of hydrogen-bond acceptors (Lipinski definition) is 4. The number of esters is 2. The van der Waals surface area contributed by atoms with E-state index in [2.05, 4.69) is 20.8 Å². The second-order valence-corrected chi connectivity index (χ2v) is 5.85. The molecular weight excluding hydrogens is 280 g/mol. The Morgan fingerprint density at radius 3 is 1.95 bits per heavy atom. The van der Waals surface area contributed by atoms with Gasteiger partial charge in [-0.25, -0.2) is 0 Å². The van der Waals surface area contributed by atoms with Crippen LogP contribution < -0.4 is 0 Å². The number of carbonyl (C=O) groups is 2. The molecule has 0 aromatic rings. The Labute approximate surface area is 135 Å². The van der Waals surface area contributed by atoms with Gasteiger partial charge < -0.3 is 9.47 Å². The van der Waals surface area contributed by atoms with E-state index in [9.17, 15) is 9.59 Å². The van der Waals surface area contributed by atoms with Gasteiger partial charge in [0.2, 0.25) is 0 Å². The topological polar surface area (TPSA) is 52.6 Å². The van der Waals surface area contributed by atoms with Crippen LogP contribution in [0.25, 0.3) is 0 Å². The molecular formula is C18H34O4. The van der Waals surface area contributed by atoms with Crippen molar-refractivity contribution >= 4 is 11.9 Å². The van der Waals surface area contributed by atoms with E-state index >= 15 is 0 Å². The Morgan fingerprint density at radius 1 is 0.773 bits per heavy atom. The maximum Gasteiger partial charge on any atom is 0.317 e. The van der Waals surface area contributed by atoms with Crippen LogP contribution in [-0.4, -0.2) is 24.6 Å². The first-order chi connectivity index (χ1) is 10.6. The molecule has 0 heterocycles. The van der Waals surface area contributed by atoms with Gasteiger partial charge in [-0.3, -0.25) is 9.59 Å². The van der Waals surface area contributed by atoms with Crippen LogP contribution in [-0.2, 0) is 19.1 Å². The average molecular weight is 314 g/mol. The molecule has 130 valence electrons. The van der Waals surface area contributed by atoms with Gasteiger partial charge in [-0.05, 0) is 19.3 Å². The molecule has 0 aromatic carbocycles. The molecule has 0 aliphatic rings. The minimum Gasteiger partial charge on any atom is -0.465 e. The highest BCUT2D eigenvalue weighted by molar-refractivity contribution is 5.91. The van der Waals surface area contributed by atoms with Crippen molar-refractivity contribution in [3.8, 4) is 0 Å². The predicted molar refractivity (Wildman–Crippen MR) is 88.6 cm³/mol. The predicted octanol–water partition coefficient (Wildman–Crippen LogP) is 4.79. The van der Waals surface area contributed by atoms with Crippen molar-refractivity contribution in [2.75, 3.05) is 6.61 Å². The molecule has 0 fully saturated rings. The fraction of sp³-hybridized carbons (Fsp3) is 0.889. The SMILES string of the molecule is CCCCCCCCOC(=O)CC(=O)OC(CCC)CCC. The van der Waals surface area contributed by atoms with Crippen LogP contribution in [0.4, 0.5) is 0 Å². The van der Waals surface area contributed by atoms with Gasteiger partial charge in [-0.1, -0.05) is 65.7 Å². The Balaban J connectivity index is 3.70. The molecule has 0 amide bonds. The summed E-state index contributed by atoms with van der Waals surface area (Å²) in [5.74, 6) is -0.926. The van der Waals surface area contributed by atoms with Crippen LogP contribution >= 0.6 is 0 Å². The first kappa shape index (κ1) is 20.9. The standard InChI is InChI=1S/C18H34O4/c1-4-7-8-9-10-11-14-21-17(19)15-18(20)22-16(12-5-2)13-6-3/h16H,4-15H2,1-3H3. The molecule has 4 nitrogen and oxygen atoms in total. The largest absolute Gasteiger partial charge is 0.465 e. The minimum atomic E-state index is -0.467. The molecule has 0 N–H and O–H groups in total. The molecule has 22 heavy (non-hydrogen) atoms. The molecule has 0 unspecified atom stereocenters. The van der Waals surface area contributed by atoms with Gasteiger partial charge in [-0.15, -0.1) is 0 Å². The molecule has 0 aliphatic heterocycles. The maximum absolute atomic E-state index is 11.7. The Morgan fingerprint density at radius 2 is 1.36 bits per heavy atom. The lowest BCUT2D eigenvalue weighted by Gasteiger charge is -2.16. The van der Waals surface area contributed by atoms with Gasteiger partial charge in [0.15, 0.2) is 0 Å². The molecule has 0 atom stereocenters. The van der Waals surface area contributed by atoms with Crippen LogP contribution in [0.1, 0.15) is 91.4 Å². The summed E-state index contributed by atoms with van der Waals surface area (Å²) in [7, 11) is 0. The van der Waals surface area contributed by atoms with Crippen LogP contribution in [0, 0.1) is 0 Å². The third-order valence-corrected chi connectivity index (χ3v) is 3.57. The number of rotatable bonds is 14. The quantitative estimate of drug-likeness (QED) is 0.263. The minimum absolute atomic E-state index is 0.0612. The zero-order chi connectivity index (χ0) is 16.6. The average Bonchev–Trinajstić information content (AvgIpc) is 2.46. The van der Waals surface area contributed by atoms with Crippen molar-refractivity contribution in [3.05, 3.63) is 0 Å². The molecule has 0 spiro atoms. The lowest BCUT2D eigenvalue weighted by atomic mass is 10.1. The van der Waals surface area contributed by atoms with Crippen molar-refractivity contribution in [2.24, 2.45) is 0 Å². The van der Waals surface area contributed by atoms with Crippen LogP contribution in [0.3, 0.4) is 0 Å². The van der Waals surface area contributed by atoms with Crippen molar-refractivity contribution in [2.45, 2.75) is 97.5 Å². The van der Waals surface area contributed by atoms with Crippen LogP contribution in [0.2, 0.25) is 0 Å². The highest BCUT2D eigenvalue weighted by atomic mass is 16.6. The van der Waals surface area contributed by atoms with E-state index in [0.717, 1.165) is 38.5 Å². The summed E-state index contributed by atoms with van der Waals surface area (Å²) >= 11 is 0. The summed E-state index contributed by atoms with van der Waals surface area (Å²) in [5, 5.41) is 0. The van der Waals surface area contributed by atoms with Gasteiger partial charge in [0, 0.05) is 0 Å². The fourth-order valence-electron chi connectivity index (χ4n) is 2.37. The third-order valence-electron chi connectivity index (χ3n) is 3.57. The van der Waals surface area contributed by atoms with E-state index in [1.54, 1.807) is 0 Å². The van der Waals surface area contributed by atoms with Crippen molar-refractivity contribution in [1.29, 1.82) is 0 Å². The lowest BCUT2D eigenvalue weighted by Crippen LogP contribution is -2.21. The number of hydrogen-bond donors (Lipinski definition) is 0. The van der Waals surface area contributed by atoms with Crippen LogP contribution in [0.15, 0.2) is 0 Å². The van der Waals surface area contributed by atoms with Gasteiger partial charge >= 0.3 is 11.9 Å². The molecule has 0 saturated heterocycles. The van der Waals surface area contributed by atoms with Crippen molar-refractivity contribution in [3.63, 3.8) is 0 Å². The number of carbonyl (C=O) groups excluding carboxylic acids is 2. The maximum atomic E-state index is 11.7. The van der Waals surface area contributed by atoms with E-state index in [1.165, 1.54) is 25.7 Å². The zero-order valence-electron chi connectivity index (χ0n) is 14.7. The highest BCUT2D eigenvalue weighted by Gasteiger charge is 2.16. The summed E-state index contributed by atoms with van der Waals surface area (Å²) in [6.45, 7) is 6.72. The first-order valence-electron chi connectivity index (χ1n) is 8.99. The van der Waals surface area contributed by atoms with Crippen molar-refractivity contribution < 1.29 is 19.1 Å². The summed E-state index contributed by atoms with van der Waals surface area (Å²) in [6, 6.07) is 0. The van der Waals surface area contributed by atoms with Gasteiger partial charge in [0.1, 0.15) is 12.5 Å². The van der Waals surface area contributed by atoms with Gasteiger partial charge in [0.05, 0.1) is 6.61 Å². The third kappa shape index (κ3) is 12.7. The Hall–Kier alpha value is -1.06. The fourth-order valence-corrected chi connectivity index (χ4v) is 2.37. The second-order valence-electron chi connectivity index (χ2n) is 5.85. The van der Waals surface area contributed by atoms with Gasteiger partial charge in [0.25, 0.3) is 0 Å². The normalized spacial score (nSPS) is 10.7. The molecule has 0 saturated carbocycles. The molecule has 0 aliphatic carbocycles. The molecule has 0 rings (SSSR count). The number of unbranched alkanes of at least 4 members (excludes halogenated alkanes) is 5. The van der Waals surface area contributed by atoms with E-state index in [-0.39, 0.29) is 12.5 Å². The Kier molecular flexibility index (Phi) is 14.1. The smallest absolute Gasteiger partial charge is 0.317 e. The van der Waals surface area contributed by atoms with E-state index < -0.39 is 11.9 Å². The second kappa shape index (κ2) is 14.9. The van der Waals surface area contributed by atoms with Crippen LogP contribution in [0.5, 0.6) is 0 Å². The summed E-state index contributed by atoms with van der Waals surface area (Å²) < 4.78 is 10.4. The van der Waals surface area contributed by atoms with E-state index in [0.29, 0.717) is 6.61 Å². The molecule has 0 bridgehead atoms. The molecule has 0 aromatic heterocycles.